The summed E-state index contributed by atoms with van der Waals surface area (Å²) in [7, 11) is 0. The second-order valence-electron chi connectivity index (χ2n) is 5.72. The molecule has 2 N–H and O–H groups in total. The minimum Gasteiger partial charge on any atom is -0.389 e. The van der Waals surface area contributed by atoms with E-state index in [0.29, 0.717) is 19.1 Å². The van der Waals surface area contributed by atoms with E-state index in [9.17, 15) is 5.11 Å². The first-order valence-corrected chi connectivity index (χ1v) is 8.26. The molecule has 0 spiro atoms. The van der Waals surface area contributed by atoms with Gasteiger partial charge in [-0.15, -0.1) is 0 Å². The molecule has 1 rings (SSSR count). The second kappa shape index (κ2) is 11.7. The van der Waals surface area contributed by atoms with Crippen LogP contribution < -0.4 is 5.32 Å². The second-order valence-corrected chi connectivity index (χ2v) is 5.72. The predicted octanol–water partition coefficient (Wildman–Crippen LogP) is 3.37. The van der Waals surface area contributed by atoms with Crippen LogP contribution in [-0.4, -0.2) is 31.0 Å². The van der Waals surface area contributed by atoms with Gasteiger partial charge in [0.1, 0.15) is 0 Å². The Morgan fingerprint density at radius 2 is 1.90 bits per heavy atom. The molecule has 0 amide bonds. The number of nitrogens with one attached hydrogen (secondary N) is 1. The fourth-order valence-electron chi connectivity index (χ4n) is 2.31. The van der Waals surface area contributed by atoms with E-state index >= 15 is 0 Å². The quantitative estimate of drug-likeness (QED) is 0.621. The molecule has 0 saturated carbocycles. The summed E-state index contributed by atoms with van der Waals surface area (Å²) < 4.78 is 5.66. The van der Waals surface area contributed by atoms with E-state index in [0.717, 1.165) is 19.6 Å². The maximum absolute atomic E-state index is 9.90. The van der Waals surface area contributed by atoms with Crippen LogP contribution in [0.1, 0.15) is 45.1 Å². The topological polar surface area (TPSA) is 41.5 Å². The fraction of sp³-hybridized carbons (Fsp3) is 0.667. The largest absolute Gasteiger partial charge is 0.389 e. The molecule has 0 aliphatic carbocycles. The van der Waals surface area contributed by atoms with Crippen molar-refractivity contribution in [2.45, 2.75) is 52.2 Å². The number of unbranched alkanes of at least 4 members (excludes halogenated alkanes) is 1. The van der Waals surface area contributed by atoms with Gasteiger partial charge in [0.15, 0.2) is 0 Å². The Bertz CT molecular complexity index is 342. The standard InChI is InChI=1S/C18H31NO2/c1-3-5-9-16(4-2)14-21-15-18(20)13-19-12-17-10-7-6-8-11-17/h6-8,10-11,16,18-20H,3-5,9,12-15H2,1-2H3/t16-,18-/m1/s1. The Morgan fingerprint density at radius 1 is 1.14 bits per heavy atom. The lowest BCUT2D eigenvalue weighted by Crippen LogP contribution is -2.30. The van der Waals surface area contributed by atoms with E-state index in [4.69, 9.17) is 4.74 Å². The lowest BCUT2D eigenvalue weighted by molar-refractivity contribution is 0.0192. The van der Waals surface area contributed by atoms with Gasteiger partial charge in [-0.1, -0.05) is 63.4 Å². The summed E-state index contributed by atoms with van der Waals surface area (Å²) in [6.07, 6.45) is 4.46. The van der Waals surface area contributed by atoms with E-state index in [1.807, 2.05) is 18.2 Å². The third-order valence-electron chi connectivity index (χ3n) is 3.76. The molecule has 0 radical (unpaired) electrons. The zero-order valence-corrected chi connectivity index (χ0v) is 13.6. The van der Waals surface area contributed by atoms with Crippen LogP contribution in [0.25, 0.3) is 0 Å². The SMILES string of the molecule is CCCC[C@@H](CC)COC[C@H](O)CNCc1ccccc1. The Hall–Kier alpha value is -0.900. The van der Waals surface area contributed by atoms with Crippen LogP contribution >= 0.6 is 0 Å². The third-order valence-corrected chi connectivity index (χ3v) is 3.76. The predicted molar refractivity (Wildman–Crippen MR) is 88.3 cm³/mol. The fourth-order valence-corrected chi connectivity index (χ4v) is 2.31. The van der Waals surface area contributed by atoms with Gasteiger partial charge in [0, 0.05) is 19.7 Å². The van der Waals surface area contributed by atoms with Gasteiger partial charge in [-0.2, -0.15) is 0 Å². The van der Waals surface area contributed by atoms with Gasteiger partial charge in [0.25, 0.3) is 0 Å². The van der Waals surface area contributed by atoms with Crippen molar-refractivity contribution >= 4 is 0 Å². The zero-order valence-electron chi connectivity index (χ0n) is 13.6. The number of benzene rings is 1. The van der Waals surface area contributed by atoms with Gasteiger partial charge in [-0.25, -0.2) is 0 Å². The highest BCUT2D eigenvalue weighted by molar-refractivity contribution is 5.14. The zero-order chi connectivity index (χ0) is 15.3. The molecule has 0 aliphatic rings. The number of rotatable bonds is 12. The first-order valence-electron chi connectivity index (χ1n) is 8.26. The van der Waals surface area contributed by atoms with Crippen molar-refractivity contribution in [2.24, 2.45) is 5.92 Å². The molecular formula is C18H31NO2. The first-order chi connectivity index (χ1) is 10.3. The van der Waals surface area contributed by atoms with Crippen molar-refractivity contribution in [1.29, 1.82) is 0 Å². The Labute approximate surface area is 129 Å². The minimum atomic E-state index is -0.433. The van der Waals surface area contributed by atoms with Crippen molar-refractivity contribution in [3.63, 3.8) is 0 Å². The molecule has 1 aromatic rings. The Kier molecular flexibility index (Phi) is 10.1. The molecule has 0 heterocycles. The molecular weight excluding hydrogens is 262 g/mol. The summed E-state index contributed by atoms with van der Waals surface area (Å²) in [4.78, 5) is 0. The third kappa shape index (κ3) is 8.86. The molecule has 2 atom stereocenters. The smallest absolute Gasteiger partial charge is 0.0897 e. The summed E-state index contributed by atoms with van der Waals surface area (Å²) >= 11 is 0. The van der Waals surface area contributed by atoms with Gasteiger partial charge in [0.05, 0.1) is 12.7 Å². The van der Waals surface area contributed by atoms with E-state index in [1.165, 1.54) is 24.8 Å². The molecule has 1 aromatic carbocycles. The Balaban J connectivity index is 2.06. The molecule has 0 aliphatic heterocycles. The summed E-state index contributed by atoms with van der Waals surface area (Å²) in [6, 6.07) is 10.2. The van der Waals surface area contributed by atoms with Gasteiger partial charge in [-0.05, 0) is 17.9 Å². The van der Waals surface area contributed by atoms with Crippen LogP contribution in [-0.2, 0) is 11.3 Å². The molecule has 21 heavy (non-hydrogen) atoms. The maximum Gasteiger partial charge on any atom is 0.0897 e. The number of hydrogen-bond acceptors (Lipinski definition) is 3. The van der Waals surface area contributed by atoms with Gasteiger partial charge in [0.2, 0.25) is 0 Å². The summed E-state index contributed by atoms with van der Waals surface area (Å²) in [5.74, 6) is 0.634. The summed E-state index contributed by atoms with van der Waals surface area (Å²) in [5, 5.41) is 13.2. The van der Waals surface area contributed by atoms with Crippen LogP contribution in [0.5, 0.6) is 0 Å². The van der Waals surface area contributed by atoms with E-state index in [2.05, 4.69) is 31.3 Å². The van der Waals surface area contributed by atoms with Crippen molar-refractivity contribution in [3.8, 4) is 0 Å². The number of ether oxygens (including phenoxy) is 1. The number of hydrogen-bond donors (Lipinski definition) is 2. The van der Waals surface area contributed by atoms with Crippen molar-refractivity contribution in [1.82, 2.24) is 5.32 Å². The van der Waals surface area contributed by atoms with Crippen LogP contribution in [0, 0.1) is 5.92 Å². The number of aliphatic hydroxyl groups excluding tert-OH is 1. The van der Waals surface area contributed by atoms with E-state index < -0.39 is 6.10 Å². The molecule has 0 aromatic heterocycles. The summed E-state index contributed by atoms with van der Waals surface area (Å²) in [5.41, 5.74) is 1.23. The van der Waals surface area contributed by atoms with E-state index in [-0.39, 0.29) is 0 Å². The van der Waals surface area contributed by atoms with Crippen LogP contribution in [0.2, 0.25) is 0 Å². The highest BCUT2D eigenvalue weighted by Crippen LogP contribution is 2.12. The van der Waals surface area contributed by atoms with Crippen LogP contribution in [0.3, 0.4) is 0 Å². The minimum absolute atomic E-state index is 0.421. The van der Waals surface area contributed by atoms with Crippen molar-refractivity contribution < 1.29 is 9.84 Å². The number of aliphatic hydroxyl groups is 1. The monoisotopic (exact) mass is 293 g/mol. The summed E-state index contributed by atoms with van der Waals surface area (Å²) in [6.45, 7) is 6.97. The lowest BCUT2D eigenvalue weighted by Gasteiger charge is -2.17. The molecule has 3 heteroatoms. The lowest BCUT2D eigenvalue weighted by atomic mass is 10.0. The molecule has 0 saturated heterocycles. The molecule has 3 nitrogen and oxygen atoms in total. The average molecular weight is 293 g/mol. The average Bonchev–Trinajstić information content (AvgIpc) is 2.51. The van der Waals surface area contributed by atoms with Crippen molar-refractivity contribution in [3.05, 3.63) is 35.9 Å². The van der Waals surface area contributed by atoms with E-state index in [1.54, 1.807) is 0 Å². The molecule has 0 bridgehead atoms. The molecule has 120 valence electrons. The van der Waals surface area contributed by atoms with Gasteiger partial charge >= 0.3 is 0 Å². The van der Waals surface area contributed by atoms with Crippen LogP contribution in [0.4, 0.5) is 0 Å². The van der Waals surface area contributed by atoms with Crippen LogP contribution in [0.15, 0.2) is 30.3 Å². The maximum atomic E-state index is 9.90. The van der Waals surface area contributed by atoms with Gasteiger partial charge in [-0.3, -0.25) is 0 Å². The van der Waals surface area contributed by atoms with Crippen molar-refractivity contribution in [2.75, 3.05) is 19.8 Å². The first kappa shape index (κ1) is 18.1. The highest BCUT2D eigenvalue weighted by Gasteiger charge is 2.08. The molecule has 0 unspecified atom stereocenters. The normalized spacial score (nSPS) is 14.0. The molecule has 0 fully saturated rings. The highest BCUT2D eigenvalue weighted by atomic mass is 16.5. The van der Waals surface area contributed by atoms with Gasteiger partial charge < -0.3 is 15.2 Å². The Morgan fingerprint density at radius 3 is 2.57 bits per heavy atom.